The van der Waals surface area contributed by atoms with Crippen LogP contribution in [0.3, 0.4) is 0 Å². The molecule has 2 fully saturated rings. The van der Waals surface area contributed by atoms with Crippen molar-refractivity contribution in [1.29, 1.82) is 0 Å². The Kier molecular flexibility index (Phi) is 5.97. The lowest BCUT2D eigenvalue weighted by molar-refractivity contribution is -0.0712. The highest BCUT2D eigenvalue weighted by molar-refractivity contribution is 5.92. The number of nitrogens with zero attached hydrogens (tertiary/aromatic N) is 3. The Balaban J connectivity index is 1.48. The Morgan fingerprint density at radius 2 is 1.94 bits per heavy atom. The summed E-state index contributed by atoms with van der Waals surface area (Å²) >= 11 is 0. The van der Waals surface area contributed by atoms with Crippen molar-refractivity contribution in [3.63, 3.8) is 0 Å². The summed E-state index contributed by atoms with van der Waals surface area (Å²) in [4.78, 5) is 15.3. The number of nitrogens with two attached hydrogens (primary N) is 1. The Hall–Kier alpha value is -2.70. The third-order valence-electron chi connectivity index (χ3n) is 7.21. The van der Waals surface area contributed by atoms with Gasteiger partial charge in [-0.3, -0.25) is 4.90 Å². The number of hydrogen-bond donors (Lipinski definition) is 2. The van der Waals surface area contributed by atoms with Crippen LogP contribution >= 0.6 is 0 Å². The highest BCUT2D eigenvalue weighted by Crippen LogP contribution is 2.39. The maximum Gasteiger partial charge on any atom is 0.154 e. The number of aromatic nitrogens is 2. The summed E-state index contributed by atoms with van der Waals surface area (Å²) in [6, 6.07) is 11.7. The molecule has 0 amide bonds. The van der Waals surface area contributed by atoms with Gasteiger partial charge in [0.25, 0.3) is 0 Å². The van der Waals surface area contributed by atoms with Crippen LogP contribution in [0.2, 0.25) is 0 Å². The molecule has 3 N–H and O–H groups in total. The number of pyridine rings is 1. The van der Waals surface area contributed by atoms with E-state index in [2.05, 4.69) is 58.0 Å². The van der Waals surface area contributed by atoms with Crippen molar-refractivity contribution in [1.82, 2.24) is 14.9 Å². The van der Waals surface area contributed by atoms with Crippen molar-refractivity contribution in [3.8, 4) is 11.3 Å². The largest absolute Gasteiger partial charge is 0.387 e. The molecule has 0 atom stereocenters. The lowest BCUT2D eigenvalue weighted by Gasteiger charge is -2.41. The summed E-state index contributed by atoms with van der Waals surface area (Å²) in [5, 5.41) is 1.34. The quantitative estimate of drug-likeness (QED) is 0.415. The van der Waals surface area contributed by atoms with E-state index in [4.69, 9.17) is 10.5 Å². The van der Waals surface area contributed by atoms with Crippen molar-refractivity contribution in [3.05, 3.63) is 47.2 Å². The van der Waals surface area contributed by atoms with Crippen LogP contribution in [0.4, 0.5) is 5.82 Å². The second kappa shape index (κ2) is 8.92. The molecule has 0 saturated carbocycles. The Morgan fingerprint density at radius 1 is 1.18 bits per heavy atom. The third kappa shape index (κ3) is 4.30. The molecule has 1 aromatic carbocycles. The molecular weight excluding hydrogens is 410 g/mol. The molecule has 2 aliphatic heterocycles. The maximum atomic E-state index is 5.74. The second-order valence-corrected chi connectivity index (χ2v) is 9.93. The number of H-pyrrole nitrogens is 1. The molecule has 2 saturated heterocycles. The third-order valence-corrected chi connectivity index (χ3v) is 7.21. The second-order valence-electron chi connectivity index (χ2n) is 9.93. The molecule has 0 bridgehead atoms. The first kappa shape index (κ1) is 22.1. The highest BCUT2D eigenvalue weighted by atomic mass is 16.5. The smallest absolute Gasteiger partial charge is 0.154 e. The van der Waals surface area contributed by atoms with E-state index in [1.165, 1.54) is 53.7 Å². The van der Waals surface area contributed by atoms with Gasteiger partial charge in [-0.15, -0.1) is 0 Å². The normalized spacial score (nSPS) is 18.9. The number of likely N-dealkylation sites (tertiary alicyclic amines) is 1. The van der Waals surface area contributed by atoms with Gasteiger partial charge in [-0.1, -0.05) is 19.9 Å². The summed E-state index contributed by atoms with van der Waals surface area (Å²) in [6.45, 7) is 12.5. The van der Waals surface area contributed by atoms with E-state index >= 15 is 0 Å². The molecule has 0 radical (unpaired) electrons. The average Bonchev–Trinajstić information content (AvgIpc) is 3.11. The molecule has 0 spiro atoms. The first-order chi connectivity index (χ1) is 15.9. The first-order valence-electron chi connectivity index (χ1n) is 12.2. The molecule has 0 unspecified atom stereocenters. The number of ether oxygens (including phenoxy) is 1. The summed E-state index contributed by atoms with van der Waals surface area (Å²) in [6.07, 6.45) is 2.45. The zero-order valence-electron chi connectivity index (χ0n) is 20.2. The molecule has 6 heteroatoms. The summed E-state index contributed by atoms with van der Waals surface area (Å²) in [5.74, 6) is 2.20. The van der Waals surface area contributed by atoms with Gasteiger partial charge >= 0.3 is 0 Å². The monoisotopic (exact) mass is 445 g/mol. The summed E-state index contributed by atoms with van der Waals surface area (Å²) in [5.41, 5.74) is 13.0. The van der Waals surface area contributed by atoms with E-state index in [0.717, 1.165) is 24.5 Å². The van der Waals surface area contributed by atoms with E-state index in [-0.39, 0.29) is 0 Å². The molecule has 33 heavy (non-hydrogen) atoms. The maximum absolute atomic E-state index is 5.74. The molecule has 2 aliphatic rings. The number of benzene rings is 1. The molecule has 0 aliphatic carbocycles. The minimum atomic E-state index is 0.396. The minimum absolute atomic E-state index is 0.396. The summed E-state index contributed by atoms with van der Waals surface area (Å²) in [7, 11) is 0. The first-order valence-corrected chi connectivity index (χ1v) is 12.2. The van der Waals surface area contributed by atoms with Gasteiger partial charge in [0.05, 0.1) is 30.8 Å². The fraction of sp³-hybridized carbons (Fsp3) is 0.481. The zero-order chi connectivity index (χ0) is 23.1. The number of rotatable bonds is 5. The fourth-order valence-electron chi connectivity index (χ4n) is 5.38. The van der Waals surface area contributed by atoms with Crippen molar-refractivity contribution < 1.29 is 4.74 Å². The van der Waals surface area contributed by atoms with Gasteiger partial charge in [-0.25, -0.2) is 9.98 Å². The molecule has 2 aromatic heterocycles. The molecule has 6 nitrogen and oxygen atoms in total. The molecular formula is C27H35N5O. The van der Waals surface area contributed by atoms with E-state index in [1.807, 2.05) is 13.0 Å². The van der Waals surface area contributed by atoms with Crippen molar-refractivity contribution >= 4 is 22.6 Å². The van der Waals surface area contributed by atoms with Crippen LogP contribution in [0.5, 0.6) is 0 Å². The lowest BCUT2D eigenvalue weighted by Crippen LogP contribution is -2.51. The predicted octanol–water partition coefficient (Wildman–Crippen LogP) is 5.25. The van der Waals surface area contributed by atoms with E-state index < -0.39 is 0 Å². The van der Waals surface area contributed by atoms with Gasteiger partial charge in [0, 0.05) is 22.2 Å². The van der Waals surface area contributed by atoms with E-state index in [1.54, 1.807) is 6.92 Å². The van der Waals surface area contributed by atoms with E-state index in [0.29, 0.717) is 29.5 Å². The summed E-state index contributed by atoms with van der Waals surface area (Å²) < 4.78 is 5.39. The number of aliphatic imine (C=N–C) groups is 1. The Bertz CT molecular complexity index is 1180. The van der Waals surface area contributed by atoms with Gasteiger partial charge in [-0.2, -0.15) is 0 Å². The highest BCUT2D eigenvalue weighted by Gasteiger charge is 2.30. The van der Waals surface area contributed by atoms with Gasteiger partial charge in [0.2, 0.25) is 0 Å². The predicted molar refractivity (Wildman–Crippen MR) is 135 cm³/mol. The number of nitrogens with one attached hydrogen (secondary N) is 1. The number of hydrogen-bond acceptors (Lipinski definition) is 4. The van der Waals surface area contributed by atoms with Crippen LogP contribution < -0.4 is 5.73 Å². The number of aryl methyl sites for hydroxylation is 1. The van der Waals surface area contributed by atoms with Crippen LogP contribution in [0.25, 0.3) is 22.2 Å². The molecule has 3 aromatic rings. The number of piperidine rings is 1. The lowest BCUT2D eigenvalue weighted by atomic mass is 9.87. The minimum Gasteiger partial charge on any atom is -0.387 e. The topological polar surface area (TPSA) is 79.5 Å². The SMILES string of the molecule is CC(N)=Nc1ccc(-c2[nH]c3ccc(C4CCN(C5COC5)CC4)cc3c2C(C)C)c(C)n1. The van der Waals surface area contributed by atoms with Crippen molar-refractivity contribution in [2.75, 3.05) is 26.3 Å². The number of fused-ring (bicyclic) bond motifs is 1. The standard InChI is InChI=1S/C27H35N5O/c1-16(2)26-23-13-20(19-9-11-32(12-10-19)21-14-33-15-21)5-7-24(23)31-27(26)22-6-8-25(29-17(22)3)30-18(4)28/h5-8,13,16,19,21,31H,9-12,14-15H2,1-4H3,(H2,28,29,30). The Morgan fingerprint density at radius 3 is 2.55 bits per heavy atom. The number of aromatic amines is 1. The van der Waals surface area contributed by atoms with Crippen LogP contribution in [0.15, 0.2) is 35.3 Å². The van der Waals surface area contributed by atoms with Gasteiger partial charge in [0.1, 0.15) is 0 Å². The van der Waals surface area contributed by atoms with Crippen LogP contribution in [0.1, 0.15) is 62.3 Å². The molecule has 5 rings (SSSR count). The molecule has 174 valence electrons. The van der Waals surface area contributed by atoms with Crippen LogP contribution in [-0.2, 0) is 4.74 Å². The molecule has 4 heterocycles. The van der Waals surface area contributed by atoms with Gasteiger partial charge < -0.3 is 15.5 Å². The van der Waals surface area contributed by atoms with Crippen molar-refractivity contribution in [2.24, 2.45) is 10.7 Å². The number of amidine groups is 1. The van der Waals surface area contributed by atoms with Gasteiger partial charge in [0.15, 0.2) is 5.82 Å². The van der Waals surface area contributed by atoms with E-state index in [9.17, 15) is 0 Å². The zero-order valence-corrected chi connectivity index (χ0v) is 20.2. The van der Waals surface area contributed by atoms with Crippen LogP contribution in [-0.4, -0.2) is 53.0 Å². The van der Waals surface area contributed by atoms with Crippen LogP contribution in [0, 0.1) is 6.92 Å². The fourth-order valence-corrected chi connectivity index (χ4v) is 5.38. The van der Waals surface area contributed by atoms with Crippen molar-refractivity contribution in [2.45, 2.75) is 58.4 Å². The Labute approximate surface area is 196 Å². The van der Waals surface area contributed by atoms with Gasteiger partial charge in [-0.05, 0) is 87.0 Å². The average molecular weight is 446 g/mol.